The van der Waals surface area contributed by atoms with E-state index in [1.807, 2.05) is 20.0 Å². The fourth-order valence-corrected chi connectivity index (χ4v) is 0.760. The maximum Gasteiger partial charge on any atom is 0.0951 e. The van der Waals surface area contributed by atoms with Crippen LogP contribution < -0.4 is 5.32 Å². The van der Waals surface area contributed by atoms with Crippen molar-refractivity contribution in [2.24, 2.45) is 0 Å². The third-order valence-electron chi connectivity index (χ3n) is 1.67. The fraction of sp³-hybridized carbons (Fsp3) is 0.750. The van der Waals surface area contributed by atoms with Gasteiger partial charge < -0.3 is 10.2 Å². The topological polar surface area (TPSA) is 15.3 Å². The summed E-state index contributed by atoms with van der Waals surface area (Å²) in [4.78, 5) is 2.19. The van der Waals surface area contributed by atoms with Crippen LogP contribution in [-0.4, -0.2) is 18.1 Å². The second-order valence-corrected chi connectivity index (χ2v) is 2.24. The summed E-state index contributed by atoms with van der Waals surface area (Å²) in [6, 6.07) is 0. The molecule has 0 spiro atoms. The lowest BCUT2D eigenvalue weighted by molar-refractivity contribution is 0.334. The van der Waals surface area contributed by atoms with Gasteiger partial charge in [-0.15, -0.1) is 0 Å². The molecule has 0 aromatic carbocycles. The molecule has 1 atom stereocenters. The van der Waals surface area contributed by atoms with Crippen molar-refractivity contribution in [1.29, 1.82) is 0 Å². The summed E-state index contributed by atoms with van der Waals surface area (Å²) in [5.41, 5.74) is 1.30. The van der Waals surface area contributed by atoms with Gasteiger partial charge in [-0.2, -0.15) is 0 Å². The molecule has 0 aromatic heterocycles. The lowest BCUT2D eigenvalue weighted by atomic mass is 10.5. The van der Waals surface area contributed by atoms with E-state index < -0.39 is 0 Å². The lowest BCUT2D eigenvalue weighted by Crippen LogP contribution is -2.29. The highest BCUT2D eigenvalue weighted by atomic mass is 15.3. The third-order valence-corrected chi connectivity index (χ3v) is 1.67. The van der Waals surface area contributed by atoms with Crippen molar-refractivity contribution in [2.45, 2.75) is 33.9 Å². The van der Waals surface area contributed by atoms with E-state index in [-0.39, 0.29) is 0 Å². The summed E-state index contributed by atoms with van der Waals surface area (Å²) < 4.78 is 0. The summed E-state index contributed by atoms with van der Waals surface area (Å²) >= 11 is 0. The second kappa shape index (κ2) is 4.20. The number of nitrogens with zero attached hydrogens (tertiary/aromatic N) is 1. The Morgan fingerprint density at radius 2 is 2.00 bits per heavy atom. The number of allylic oxidation sites excluding steroid dienone is 1. The Labute approximate surface area is 63.9 Å². The summed E-state index contributed by atoms with van der Waals surface area (Å²) in [5, 5.41) is 3.18. The Morgan fingerprint density at radius 3 is 2.10 bits per heavy atom. The van der Waals surface area contributed by atoms with Crippen molar-refractivity contribution >= 4 is 0 Å². The molecule has 0 fully saturated rings. The molecule has 0 aromatic rings. The zero-order chi connectivity index (χ0) is 8.15. The first-order valence-electron chi connectivity index (χ1n) is 3.87. The minimum atomic E-state index is 0.481. The van der Waals surface area contributed by atoms with Crippen molar-refractivity contribution < 1.29 is 0 Å². The highest BCUT2D eigenvalue weighted by Gasteiger charge is 2.12. The van der Waals surface area contributed by atoms with Crippen LogP contribution >= 0.6 is 0 Å². The van der Waals surface area contributed by atoms with Crippen LogP contribution in [0.15, 0.2) is 11.9 Å². The van der Waals surface area contributed by atoms with E-state index >= 15 is 0 Å². The minimum absolute atomic E-state index is 0.481. The van der Waals surface area contributed by atoms with Crippen molar-refractivity contribution in [3.63, 3.8) is 0 Å². The van der Waals surface area contributed by atoms with Crippen molar-refractivity contribution in [3.8, 4) is 0 Å². The average molecular weight is 142 g/mol. The zero-order valence-electron chi connectivity index (χ0n) is 7.60. The molecule has 60 valence electrons. The summed E-state index contributed by atoms with van der Waals surface area (Å²) in [7, 11) is 2.08. The van der Waals surface area contributed by atoms with E-state index in [0.717, 1.165) is 0 Å². The molecule has 1 rings (SSSR count). The maximum absolute atomic E-state index is 3.18. The van der Waals surface area contributed by atoms with Crippen molar-refractivity contribution in [2.75, 3.05) is 7.05 Å². The molecule has 2 nitrogen and oxygen atoms in total. The van der Waals surface area contributed by atoms with Gasteiger partial charge >= 0.3 is 0 Å². The average Bonchev–Trinajstić information content (AvgIpc) is 2.25. The Morgan fingerprint density at radius 1 is 1.50 bits per heavy atom. The molecule has 0 amide bonds. The number of rotatable bonds is 0. The maximum atomic E-state index is 3.18. The molecular formula is C8H18N2. The van der Waals surface area contributed by atoms with Crippen molar-refractivity contribution in [1.82, 2.24) is 10.2 Å². The van der Waals surface area contributed by atoms with Crippen LogP contribution in [0, 0.1) is 0 Å². The van der Waals surface area contributed by atoms with Gasteiger partial charge in [-0.05, 0) is 13.8 Å². The Hall–Kier alpha value is -0.660. The lowest BCUT2D eigenvalue weighted by Gasteiger charge is -2.18. The number of hydrogen-bond donors (Lipinski definition) is 1. The highest BCUT2D eigenvalue weighted by molar-refractivity contribution is 5.02. The van der Waals surface area contributed by atoms with Crippen LogP contribution in [0.2, 0.25) is 0 Å². The molecule has 10 heavy (non-hydrogen) atoms. The molecule has 0 radical (unpaired) electrons. The van der Waals surface area contributed by atoms with Crippen LogP contribution in [0.5, 0.6) is 0 Å². The molecule has 0 aliphatic carbocycles. The van der Waals surface area contributed by atoms with Gasteiger partial charge in [0.05, 0.1) is 6.17 Å². The third kappa shape index (κ3) is 1.94. The Bertz CT molecular complexity index is 118. The van der Waals surface area contributed by atoms with E-state index in [1.54, 1.807) is 0 Å². The van der Waals surface area contributed by atoms with Crippen molar-refractivity contribution in [3.05, 3.63) is 11.9 Å². The van der Waals surface area contributed by atoms with Gasteiger partial charge in [0.15, 0.2) is 0 Å². The van der Waals surface area contributed by atoms with Crippen LogP contribution in [0.25, 0.3) is 0 Å². The Balaban J connectivity index is 0.000000371. The van der Waals surface area contributed by atoms with Gasteiger partial charge in [0.1, 0.15) is 0 Å². The fourth-order valence-electron chi connectivity index (χ4n) is 0.760. The zero-order valence-corrected chi connectivity index (χ0v) is 7.60. The van der Waals surface area contributed by atoms with Gasteiger partial charge in [-0.1, -0.05) is 13.8 Å². The molecule has 1 N–H and O–H groups in total. The molecule has 0 saturated heterocycles. The van der Waals surface area contributed by atoms with Crippen LogP contribution in [0.4, 0.5) is 0 Å². The molecule has 0 saturated carbocycles. The smallest absolute Gasteiger partial charge is 0.0951 e. The predicted molar refractivity (Wildman–Crippen MR) is 45.5 cm³/mol. The van der Waals surface area contributed by atoms with Gasteiger partial charge in [-0.25, -0.2) is 0 Å². The van der Waals surface area contributed by atoms with E-state index in [1.165, 1.54) is 5.70 Å². The van der Waals surface area contributed by atoms with Crippen LogP contribution in [-0.2, 0) is 0 Å². The molecule has 1 unspecified atom stereocenters. The molecule has 1 aliphatic rings. The standard InChI is InChI=1S/C6H12N2.C2H6/c1-5-4-7-6(2)8(5)3;1-2/h4,6-7H,1-3H3;1-2H3. The SMILES string of the molecule is CC.CC1=CNC(C)N1C. The number of hydrogen-bond acceptors (Lipinski definition) is 2. The quantitative estimate of drug-likeness (QED) is 0.554. The van der Waals surface area contributed by atoms with Gasteiger partial charge in [0.25, 0.3) is 0 Å². The monoisotopic (exact) mass is 142 g/mol. The van der Waals surface area contributed by atoms with Gasteiger partial charge in [0.2, 0.25) is 0 Å². The van der Waals surface area contributed by atoms with E-state index in [0.29, 0.717) is 6.17 Å². The molecule has 1 heterocycles. The van der Waals surface area contributed by atoms with Gasteiger partial charge in [0, 0.05) is 18.9 Å². The minimum Gasteiger partial charge on any atom is -0.370 e. The number of nitrogens with one attached hydrogen (secondary N) is 1. The largest absolute Gasteiger partial charge is 0.370 e. The van der Waals surface area contributed by atoms with Crippen LogP contribution in [0.3, 0.4) is 0 Å². The van der Waals surface area contributed by atoms with E-state index in [4.69, 9.17) is 0 Å². The van der Waals surface area contributed by atoms with E-state index in [2.05, 4.69) is 31.1 Å². The van der Waals surface area contributed by atoms with E-state index in [9.17, 15) is 0 Å². The summed E-state index contributed by atoms with van der Waals surface area (Å²) in [6.45, 7) is 8.23. The highest BCUT2D eigenvalue weighted by Crippen LogP contribution is 2.08. The molecule has 0 bridgehead atoms. The second-order valence-electron chi connectivity index (χ2n) is 2.24. The first-order chi connectivity index (χ1) is 4.72. The molecule has 1 aliphatic heterocycles. The van der Waals surface area contributed by atoms with Crippen LogP contribution in [0.1, 0.15) is 27.7 Å². The summed E-state index contributed by atoms with van der Waals surface area (Å²) in [6.07, 6.45) is 2.51. The Kier molecular flexibility index (Phi) is 3.93. The normalized spacial score (nSPS) is 22.7. The first-order valence-corrected chi connectivity index (χ1v) is 3.87. The molecular weight excluding hydrogens is 124 g/mol. The first kappa shape index (κ1) is 9.34. The predicted octanol–water partition coefficient (Wildman–Crippen LogP) is 1.75. The van der Waals surface area contributed by atoms with Gasteiger partial charge in [-0.3, -0.25) is 0 Å². The summed E-state index contributed by atoms with van der Waals surface area (Å²) in [5.74, 6) is 0. The molecule has 2 heteroatoms.